The molecule has 0 spiro atoms. The maximum atomic E-state index is 5.53. The summed E-state index contributed by atoms with van der Waals surface area (Å²) < 4.78 is 0. The molecule has 2 rings (SSSR count). The quantitative estimate of drug-likeness (QED) is 0.534. The fourth-order valence-electron chi connectivity index (χ4n) is 1.40. The Balaban J connectivity index is 0.000000180. The number of benzene rings is 2. The molecule has 8 N–H and O–H groups in total. The van der Waals surface area contributed by atoms with Crippen LogP contribution in [0.2, 0.25) is 0 Å². The zero-order valence-corrected chi connectivity index (χ0v) is 10.8. The Kier molecular flexibility index (Phi) is 4.43. The molecule has 2 aromatic rings. The molecule has 0 aliphatic carbocycles. The molecule has 0 radical (unpaired) electrons. The topological polar surface area (TPSA) is 104 Å². The zero-order chi connectivity index (χ0) is 13.7. The van der Waals surface area contributed by atoms with E-state index in [1.165, 1.54) is 0 Å². The largest absolute Gasteiger partial charge is 0.399 e. The van der Waals surface area contributed by atoms with E-state index in [4.69, 9.17) is 22.9 Å². The van der Waals surface area contributed by atoms with Crippen molar-refractivity contribution >= 4 is 22.7 Å². The smallest absolute Gasteiger partial charge is 0.0345 e. The highest BCUT2D eigenvalue weighted by Gasteiger charge is 1.91. The van der Waals surface area contributed by atoms with Gasteiger partial charge in [0.25, 0.3) is 0 Å². The molecule has 0 saturated heterocycles. The van der Waals surface area contributed by atoms with Gasteiger partial charge in [-0.25, -0.2) is 0 Å². The first-order valence-electron chi connectivity index (χ1n) is 5.63. The summed E-state index contributed by atoms with van der Waals surface area (Å²) in [6.07, 6.45) is 0. The Bertz CT molecular complexity index is 486. The standard InChI is InChI=1S/2C7H10N2/c2*1-5-4-6(8)2-3-7(5)9/h2*2-4H,8-9H2,1H3. The normalized spacial score (nSPS) is 9.44. The summed E-state index contributed by atoms with van der Waals surface area (Å²) in [4.78, 5) is 0. The van der Waals surface area contributed by atoms with Crippen LogP contribution in [0.3, 0.4) is 0 Å². The summed E-state index contributed by atoms with van der Waals surface area (Å²) in [5.41, 5.74) is 27.2. The molecule has 96 valence electrons. The monoisotopic (exact) mass is 244 g/mol. The lowest BCUT2D eigenvalue weighted by Gasteiger charge is -1.98. The van der Waals surface area contributed by atoms with Gasteiger partial charge < -0.3 is 22.9 Å². The van der Waals surface area contributed by atoms with Crippen LogP contribution in [-0.2, 0) is 0 Å². The molecule has 0 unspecified atom stereocenters. The molecule has 0 aliphatic rings. The van der Waals surface area contributed by atoms with Crippen molar-refractivity contribution in [2.24, 2.45) is 0 Å². The van der Waals surface area contributed by atoms with E-state index in [-0.39, 0.29) is 0 Å². The van der Waals surface area contributed by atoms with Gasteiger partial charge in [-0.1, -0.05) is 0 Å². The van der Waals surface area contributed by atoms with Crippen LogP contribution in [0, 0.1) is 13.8 Å². The Morgan fingerprint density at radius 3 is 1.17 bits per heavy atom. The van der Waals surface area contributed by atoms with E-state index in [0.717, 1.165) is 33.9 Å². The summed E-state index contributed by atoms with van der Waals surface area (Å²) >= 11 is 0. The maximum Gasteiger partial charge on any atom is 0.0345 e. The Morgan fingerprint density at radius 2 is 0.944 bits per heavy atom. The summed E-state index contributed by atoms with van der Waals surface area (Å²) in [7, 11) is 0. The summed E-state index contributed by atoms with van der Waals surface area (Å²) in [5.74, 6) is 0. The minimum atomic E-state index is 0.765. The molecule has 4 nitrogen and oxygen atoms in total. The number of nitrogen functional groups attached to an aromatic ring is 4. The van der Waals surface area contributed by atoms with Gasteiger partial charge in [-0.05, 0) is 61.4 Å². The van der Waals surface area contributed by atoms with Crippen LogP contribution < -0.4 is 22.9 Å². The number of hydrogen-bond acceptors (Lipinski definition) is 4. The van der Waals surface area contributed by atoms with Crippen LogP contribution >= 0.6 is 0 Å². The third-order valence-electron chi connectivity index (χ3n) is 2.59. The lowest BCUT2D eigenvalue weighted by Crippen LogP contribution is -1.91. The fraction of sp³-hybridized carbons (Fsp3) is 0.143. The van der Waals surface area contributed by atoms with Crippen LogP contribution in [0.25, 0.3) is 0 Å². The van der Waals surface area contributed by atoms with Gasteiger partial charge in [0.05, 0.1) is 0 Å². The molecular formula is C14H20N4. The third kappa shape index (κ3) is 3.90. The second-order valence-corrected chi connectivity index (χ2v) is 4.23. The van der Waals surface area contributed by atoms with Crippen LogP contribution in [0.5, 0.6) is 0 Å². The van der Waals surface area contributed by atoms with Crippen molar-refractivity contribution in [3.05, 3.63) is 47.5 Å². The number of aryl methyl sites for hydroxylation is 2. The summed E-state index contributed by atoms with van der Waals surface area (Å²) in [5, 5.41) is 0. The van der Waals surface area contributed by atoms with E-state index in [9.17, 15) is 0 Å². The van der Waals surface area contributed by atoms with Gasteiger partial charge in [0.1, 0.15) is 0 Å². The average molecular weight is 244 g/mol. The first-order valence-corrected chi connectivity index (χ1v) is 5.63. The first kappa shape index (κ1) is 13.7. The molecule has 4 heteroatoms. The van der Waals surface area contributed by atoms with E-state index in [1.54, 1.807) is 12.1 Å². The first-order chi connectivity index (χ1) is 8.40. The van der Waals surface area contributed by atoms with E-state index in [1.807, 2.05) is 38.1 Å². The fourth-order valence-corrected chi connectivity index (χ4v) is 1.40. The van der Waals surface area contributed by atoms with Crippen molar-refractivity contribution in [1.29, 1.82) is 0 Å². The summed E-state index contributed by atoms with van der Waals surface area (Å²) in [6.45, 7) is 3.87. The molecule has 0 fully saturated rings. The summed E-state index contributed by atoms with van der Waals surface area (Å²) in [6, 6.07) is 10.9. The van der Waals surface area contributed by atoms with Crippen molar-refractivity contribution in [2.75, 3.05) is 22.9 Å². The Hall–Kier alpha value is -2.36. The van der Waals surface area contributed by atoms with Crippen LogP contribution in [-0.4, -0.2) is 0 Å². The highest BCUT2D eigenvalue weighted by atomic mass is 14.6. The van der Waals surface area contributed by atoms with E-state index >= 15 is 0 Å². The maximum absolute atomic E-state index is 5.53. The molecule has 0 atom stereocenters. The van der Waals surface area contributed by atoms with Crippen LogP contribution in [0.1, 0.15) is 11.1 Å². The molecular weight excluding hydrogens is 224 g/mol. The molecule has 0 aromatic heterocycles. The number of hydrogen-bond donors (Lipinski definition) is 4. The second kappa shape index (κ2) is 5.82. The van der Waals surface area contributed by atoms with Gasteiger partial charge in [0.15, 0.2) is 0 Å². The highest BCUT2D eigenvalue weighted by molar-refractivity contribution is 5.55. The average Bonchev–Trinajstić information content (AvgIpc) is 2.30. The van der Waals surface area contributed by atoms with Crippen molar-refractivity contribution in [1.82, 2.24) is 0 Å². The molecule has 2 aromatic carbocycles. The zero-order valence-electron chi connectivity index (χ0n) is 10.8. The number of anilines is 4. The second-order valence-electron chi connectivity index (χ2n) is 4.23. The van der Waals surface area contributed by atoms with Crippen LogP contribution in [0.15, 0.2) is 36.4 Å². The van der Waals surface area contributed by atoms with Gasteiger partial charge >= 0.3 is 0 Å². The van der Waals surface area contributed by atoms with Gasteiger partial charge in [-0.15, -0.1) is 0 Å². The van der Waals surface area contributed by atoms with E-state index in [2.05, 4.69) is 0 Å². The molecule has 0 amide bonds. The van der Waals surface area contributed by atoms with Crippen LogP contribution in [0.4, 0.5) is 22.7 Å². The minimum absolute atomic E-state index is 0.765. The van der Waals surface area contributed by atoms with E-state index < -0.39 is 0 Å². The lowest BCUT2D eigenvalue weighted by atomic mass is 10.2. The minimum Gasteiger partial charge on any atom is -0.399 e. The predicted octanol–water partition coefficient (Wildman–Crippen LogP) is 2.32. The Labute approximate surface area is 108 Å². The number of rotatable bonds is 0. The third-order valence-corrected chi connectivity index (χ3v) is 2.59. The highest BCUT2D eigenvalue weighted by Crippen LogP contribution is 2.13. The van der Waals surface area contributed by atoms with Gasteiger partial charge in [-0.2, -0.15) is 0 Å². The van der Waals surface area contributed by atoms with Gasteiger partial charge in [-0.3, -0.25) is 0 Å². The number of nitrogens with two attached hydrogens (primary N) is 4. The Morgan fingerprint density at radius 1 is 0.611 bits per heavy atom. The van der Waals surface area contributed by atoms with Crippen molar-refractivity contribution < 1.29 is 0 Å². The lowest BCUT2D eigenvalue weighted by molar-refractivity contribution is 1.47. The predicted molar refractivity (Wildman–Crippen MR) is 80.0 cm³/mol. The molecule has 0 saturated carbocycles. The molecule has 0 aliphatic heterocycles. The van der Waals surface area contributed by atoms with Crippen molar-refractivity contribution in [3.8, 4) is 0 Å². The van der Waals surface area contributed by atoms with Crippen molar-refractivity contribution in [2.45, 2.75) is 13.8 Å². The van der Waals surface area contributed by atoms with Gasteiger partial charge in [0, 0.05) is 22.7 Å². The SMILES string of the molecule is Cc1cc(N)ccc1N.Cc1cc(N)ccc1N. The van der Waals surface area contributed by atoms with Gasteiger partial charge in [0.2, 0.25) is 0 Å². The molecule has 0 heterocycles. The van der Waals surface area contributed by atoms with Crippen molar-refractivity contribution in [3.63, 3.8) is 0 Å². The molecule has 0 bridgehead atoms. The van der Waals surface area contributed by atoms with E-state index in [0.29, 0.717) is 0 Å². The molecule has 18 heavy (non-hydrogen) atoms.